The molecule has 0 unspecified atom stereocenters. The standard InChI is InChI=1S/C13H12N6OS/c1-8-5-10(3-4-11(8)19-7-14-17-18-19)12(20)16-13-15-9(2)6-21-13/h3-7H,1-2H3,(H,15,16,20). The normalized spacial score (nSPS) is 10.6. The van der Waals surface area contributed by atoms with Gasteiger partial charge in [-0.3, -0.25) is 10.1 Å². The molecular weight excluding hydrogens is 288 g/mol. The Hall–Kier alpha value is -2.61. The summed E-state index contributed by atoms with van der Waals surface area (Å²) in [6, 6.07) is 5.35. The molecule has 0 aliphatic rings. The molecule has 0 radical (unpaired) electrons. The van der Waals surface area contributed by atoms with Gasteiger partial charge in [-0.25, -0.2) is 9.67 Å². The molecule has 2 heterocycles. The van der Waals surface area contributed by atoms with Gasteiger partial charge in [0.15, 0.2) is 5.13 Å². The number of nitrogens with one attached hydrogen (secondary N) is 1. The lowest BCUT2D eigenvalue weighted by atomic mass is 10.1. The minimum atomic E-state index is -0.185. The molecule has 2 aromatic heterocycles. The van der Waals surface area contributed by atoms with E-state index in [4.69, 9.17) is 0 Å². The summed E-state index contributed by atoms with van der Waals surface area (Å²) in [6.07, 6.45) is 1.51. The van der Waals surface area contributed by atoms with Crippen LogP contribution in [-0.2, 0) is 0 Å². The van der Waals surface area contributed by atoms with Gasteiger partial charge in [-0.2, -0.15) is 0 Å². The second-order valence-corrected chi connectivity index (χ2v) is 5.36. The van der Waals surface area contributed by atoms with E-state index in [9.17, 15) is 4.79 Å². The van der Waals surface area contributed by atoms with Crippen molar-refractivity contribution in [1.82, 2.24) is 25.2 Å². The topological polar surface area (TPSA) is 85.6 Å². The van der Waals surface area contributed by atoms with Crippen LogP contribution in [-0.4, -0.2) is 31.1 Å². The highest BCUT2D eigenvalue weighted by Gasteiger charge is 2.11. The highest BCUT2D eigenvalue weighted by molar-refractivity contribution is 7.13. The molecule has 3 aromatic rings. The maximum atomic E-state index is 12.2. The van der Waals surface area contributed by atoms with Crippen molar-refractivity contribution in [2.24, 2.45) is 0 Å². The number of carbonyl (C=O) groups excluding carboxylic acids is 1. The van der Waals surface area contributed by atoms with E-state index < -0.39 is 0 Å². The van der Waals surface area contributed by atoms with Gasteiger partial charge in [0, 0.05) is 10.9 Å². The van der Waals surface area contributed by atoms with E-state index in [1.54, 1.807) is 16.8 Å². The zero-order valence-corrected chi connectivity index (χ0v) is 12.3. The summed E-state index contributed by atoms with van der Waals surface area (Å²) in [6.45, 7) is 3.79. The summed E-state index contributed by atoms with van der Waals surface area (Å²) in [5, 5.41) is 16.3. The van der Waals surface area contributed by atoms with Gasteiger partial charge >= 0.3 is 0 Å². The summed E-state index contributed by atoms with van der Waals surface area (Å²) in [4.78, 5) is 16.4. The summed E-state index contributed by atoms with van der Waals surface area (Å²) in [5.41, 5.74) is 3.20. The van der Waals surface area contributed by atoms with Crippen LogP contribution in [0.4, 0.5) is 5.13 Å². The third kappa shape index (κ3) is 2.79. The first-order valence-corrected chi connectivity index (χ1v) is 7.09. The Balaban J connectivity index is 1.83. The minimum absolute atomic E-state index is 0.185. The fourth-order valence-corrected chi connectivity index (χ4v) is 2.59. The summed E-state index contributed by atoms with van der Waals surface area (Å²) < 4.78 is 1.56. The van der Waals surface area contributed by atoms with Crippen LogP contribution in [0.15, 0.2) is 29.9 Å². The van der Waals surface area contributed by atoms with Gasteiger partial charge in [0.05, 0.1) is 11.4 Å². The number of carbonyl (C=O) groups is 1. The minimum Gasteiger partial charge on any atom is -0.298 e. The number of anilines is 1. The molecule has 7 nitrogen and oxygen atoms in total. The molecule has 21 heavy (non-hydrogen) atoms. The number of tetrazole rings is 1. The predicted molar refractivity (Wildman–Crippen MR) is 78.7 cm³/mol. The molecule has 3 rings (SSSR count). The SMILES string of the molecule is Cc1csc(NC(=O)c2ccc(-n3cnnn3)c(C)c2)n1. The number of hydrogen-bond acceptors (Lipinski definition) is 6. The van der Waals surface area contributed by atoms with Crippen LogP contribution in [0.2, 0.25) is 0 Å². The van der Waals surface area contributed by atoms with E-state index in [1.807, 2.05) is 25.3 Å². The molecule has 0 spiro atoms. The van der Waals surface area contributed by atoms with Crippen molar-refractivity contribution in [1.29, 1.82) is 0 Å². The first-order chi connectivity index (χ1) is 10.1. The second kappa shape index (κ2) is 5.41. The van der Waals surface area contributed by atoms with Crippen molar-refractivity contribution >= 4 is 22.4 Å². The predicted octanol–water partition coefficient (Wildman–Crippen LogP) is 1.99. The molecule has 1 N–H and O–H groups in total. The number of amides is 1. The third-order valence-electron chi connectivity index (χ3n) is 2.89. The Morgan fingerprint density at radius 2 is 2.19 bits per heavy atom. The number of thiazole rings is 1. The lowest BCUT2D eigenvalue weighted by Gasteiger charge is -2.07. The number of benzene rings is 1. The Morgan fingerprint density at radius 3 is 2.81 bits per heavy atom. The van der Waals surface area contributed by atoms with Gasteiger partial charge in [0.2, 0.25) is 0 Å². The molecule has 0 aliphatic carbocycles. The van der Waals surface area contributed by atoms with Crippen LogP contribution in [0.25, 0.3) is 5.69 Å². The summed E-state index contributed by atoms with van der Waals surface area (Å²) >= 11 is 1.40. The third-order valence-corrected chi connectivity index (χ3v) is 3.77. The van der Waals surface area contributed by atoms with Gasteiger partial charge < -0.3 is 0 Å². The van der Waals surface area contributed by atoms with Crippen molar-refractivity contribution < 1.29 is 4.79 Å². The Morgan fingerprint density at radius 1 is 1.33 bits per heavy atom. The molecular formula is C13H12N6OS. The first-order valence-electron chi connectivity index (χ1n) is 6.21. The molecule has 0 bridgehead atoms. The molecule has 0 saturated heterocycles. The number of hydrogen-bond donors (Lipinski definition) is 1. The van der Waals surface area contributed by atoms with Gasteiger partial charge in [-0.15, -0.1) is 16.4 Å². The molecule has 0 aliphatic heterocycles. The maximum Gasteiger partial charge on any atom is 0.257 e. The van der Waals surface area contributed by atoms with Crippen molar-refractivity contribution in [2.45, 2.75) is 13.8 Å². The fourth-order valence-electron chi connectivity index (χ4n) is 1.91. The van der Waals surface area contributed by atoms with Crippen molar-refractivity contribution in [3.63, 3.8) is 0 Å². The van der Waals surface area contributed by atoms with E-state index >= 15 is 0 Å². The van der Waals surface area contributed by atoms with E-state index in [2.05, 4.69) is 25.8 Å². The second-order valence-electron chi connectivity index (χ2n) is 4.50. The molecule has 106 valence electrons. The molecule has 0 saturated carbocycles. The fraction of sp³-hybridized carbons (Fsp3) is 0.154. The summed E-state index contributed by atoms with van der Waals surface area (Å²) in [5.74, 6) is -0.185. The monoisotopic (exact) mass is 300 g/mol. The highest BCUT2D eigenvalue weighted by Crippen LogP contribution is 2.18. The Bertz CT molecular complexity index is 780. The van der Waals surface area contributed by atoms with Gasteiger partial charge in [-0.05, 0) is 48.0 Å². The summed E-state index contributed by atoms with van der Waals surface area (Å²) in [7, 11) is 0. The average Bonchev–Trinajstić information content (AvgIpc) is 3.10. The van der Waals surface area contributed by atoms with Gasteiger partial charge in [0.25, 0.3) is 5.91 Å². The van der Waals surface area contributed by atoms with Crippen LogP contribution in [0, 0.1) is 13.8 Å². The van der Waals surface area contributed by atoms with Crippen LogP contribution in [0.3, 0.4) is 0 Å². The van der Waals surface area contributed by atoms with E-state index in [-0.39, 0.29) is 5.91 Å². The molecule has 1 aromatic carbocycles. The van der Waals surface area contributed by atoms with Crippen molar-refractivity contribution in [3.05, 3.63) is 46.7 Å². The van der Waals surface area contributed by atoms with Crippen LogP contribution < -0.4 is 5.32 Å². The van der Waals surface area contributed by atoms with E-state index in [0.29, 0.717) is 10.7 Å². The van der Waals surface area contributed by atoms with Gasteiger partial charge in [-0.1, -0.05) is 0 Å². The quantitative estimate of drug-likeness (QED) is 0.799. The number of aryl methyl sites for hydroxylation is 2. The lowest BCUT2D eigenvalue weighted by molar-refractivity contribution is 0.102. The number of nitrogens with zero attached hydrogens (tertiary/aromatic N) is 5. The zero-order chi connectivity index (χ0) is 14.8. The molecule has 0 atom stereocenters. The van der Waals surface area contributed by atoms with Crippen molar-refractivity contribution in [3.8, 4) is 5.69 Å². The van der Waals surface area contributed by atoms with Gasteiger partial charge in [0.1, 0.15) is 6.33 Å². The molecule has 8 heteroatoms. The highest BCUT2D eigenvalue weighted by atomic mass is 32.1. The smallest absolute Gasteiger partial charge is 0.257 e. The first kappa shape index (κ1) is 13.4. The van der Waals surface area contributed by atoms with E-state index in [1.165, 1.54) is 17.7 Å². The Labute approximate surface area is 124 Å². The largest absolute Gasteiger partial charge is 0.298 e. The van der Waals surface area contributed by atoms with Crippen LogP contribution in [0.5, 0.6) is 0 Å². The van der Waals surface area contributed by atoms with E-state index in [0.717, 1.165) is 16.9 Å². The van der Waals surface area contributed by atoms with Crippen molar-refractivity contribution in [2.75, 3.05) is 5.32 Å². The number of rotatable bonds is 3. The average molecular weight is 300 g/mol. The Kier molecular flexibility index (Phi) is 3.44. The van der Waals surface area contributed by atoms with Crippen LogP contribution >= 0.6 is 11.3 Å². The van der Waals surface area contributed by atoms with Crippen LogP contribution in [0.1, 0.15) is 21.6 Å². The molecule has 0 fully saturated rings. The lowest BCUT2D eigenvalue weighted by Crippen LogP contribution is -2.12. The maximum absolute atomic E-state index is 12.2. The number of aromatic nitrogens is 5. The zero-order valence-electron chi connectivity index (χ0n) is 11.4. The molecule has 1 amide bonds.